The molecule has 0 saturated heterocycles. The molecule has 0 saturated carbocycles. The van der Waals surface area contributed by atoms with E-state index >= 15 is 0 Å². The molecular formula is C31H27N7O3. The maximum absolute atomic E-state index is 13.3. The minimum Gasteiger partial charge on any atom is -0.458 e. The molecule has 1 atom stereocenters. The van der Waals surface area contributed by atoms with E-state index in [9.17, 15) is 9.59 Å². The number of aliphatic imine (C=N–C) groups is 3. The zero-order chi connectivity index (χ0) is 28.5. The minimum atomic E-state index is -0.589. The molecule has 0 aliphatic carbocycles. The molecule has 41 heavy (non-hydrogen) atoms. The molecule has 1 aromatic heterocycles. The number of fused-ring (bicyclic) bond motifs is 2. The van der Waals surface area contributed by atoms with Crippen LogP contribution in [0, 0.1) is 6.92 Å². The molecule has 2 aliphatic heterocycles. The zero-order valence-corrected chi connectivity index (χ0v) is 22.7. The van der Waals surface area contributed by atoms with Crippen LogP contribution in [0.25, 0.3) is 16.5 Å². The molecule has 2 aliphatic rings. The maximum atomic E-state index is 13.3. The van der Waals surface area contributed by atoms with Crippen LogP contribution in [0.1, 0.15) is 31.0 Å². The Labute approximate surface area is 236 Å². The third kappa shape index (κ3) is 5.27. The van der Waals surface area contributed by atoms with E-state index in [1.54, 1.807) is 22.9 Å². The van der Waals surface area contributed by atoms with Crippen molar-refractivity contribution < 1.29 is 14.3 Å². The van der Waals surface area contributed by atoms with Crippen molar-refractivity contribution in [2.75, 3.05) is 10.6 Å². The number of carbonyl (C=O) groups is 2. The molecule has 0 radical (unpaired) electrons. The molecule has 6 rings (SSSR count). The number of dihydropyridines is 1. The van der Waals surface area contributed by atoms with Crippen LogP contribution in [-0.4, -0.2) is 46.0 Å². The van der Waals surface area contributed by atoms with E-state index in [4.69, 9.17) is 9.84 Å². The highest BCUT2D eigenvalue weighted by atomic mass is 16.5. The van der Waals surface area contributed by atoms with Gasteiger partial charge in [-0.1, -0.05) is 55.8 Å². The lowest BCUT2D eigenvalue weighted by Gasteiger charge is -2.21. The molecule has 3 aromatic carbocycles. The molecule has 0 fully saturated rings. The number of hydrogen-bond acceptors (Lipinski definition) is 6. The van der Waals surface area contributed by atoms with Crippen molar-refractivity contribution in [1.29, 1.82) is 0 Å². The molecule has 1 unspecified atom stereocenters. The summed E-state index contributed by atoms with van der Waals surface area (Å²) in [6, 6.07) is 20.0. The topological polar surface area (TPSA) is 122 Å². The van der Waals surface area contributed by atoms with Crippen LogP contribution >= 0.6 is 0 Å². The standard InChI is InChI=1S/C31H27N7O3/c1-18(2)24-16-27(38(37-24)20-10-8-19(3)9-11-20)35-31(40)34-23-12-13-25(22-7-5-4-6-21(22)23)41-26-14-15-32-30-29(26)33-17-28(39)36-30/h4-18,29H,1-3H3,(H2,34,35,40). The second-order valence-corrected chi connectivity index (χ2v) is 10.0. The number of urea groups is 1. The van der Waals surface area contributed by atoms with E-state index in [1.807, 2.05) is 61.5 Å². The van der Waals surface area contributed by atoms with E-state index in [-0.39, 0.29) is 5.92 Å². The van der Waals surface area contributed by atoms with Crippen molar-refractivity contribution in [3.63, 3.8) is 0 Å². The molecule has 4 aromatic rings. The summed E-state index contributed by atoms with van der Waals surface area (Å²) >= 11 is 0. The molecule has 0 spiro atoms. The number of nitrogens with one attached hydrogen (secondary N) is 2. The number of amidine groups is 1. The highest BCUT2D eigenvalue weighted by Crippen LogP contribution is 2.34. The summed E-state index contributed by atoms with van der Waals surface area (Å²) in [6.07, 6.45) is 4.41. The van der Waals surface area contributed by atoms with Crippen LogP contribution in [-0.2, 0) is 4.79 Å². The van der Waals surface area contributed by atoms with Gasteiger partial charge < -0.3 is 10.1 Å². The largest absolute Gasteiger partial charge is 0.458 e. The number of ether oxygens (including phenoxy) is 1. The molecule has 0 bridgehead atoms. The number of rotatable bonds is 6. The van der Waals surface area contributed by atoms with Gasteiger partial charge in [-0.15, -0.1) is 0 Å². The smallest absolute Gasteiger partial charge is 0.324 e. The third-order valence-electron chi connectivity index (χ3n) is 6.72. The summed E-state index contributed by atoms with van der Waals surface area (Å²) in [7, 11) is 0. The zero-order valence-electron chi connectivity index (χ0n) is 22.7. The van der Waals surface area contributed by atoms with Gasteiger partial charge in [0.05, 0.1) is 23.3 Å². The SMILES string of the molecule is Cc1ccc(-n2nc(C(C)C)cc2NC(=O)Nc2ccc(OC3=CC=NC4=NC(=O)C=NC34)c3ccccc23)cc1. The molecule has 204 valence electrons. The number of hydrogen-bond donors (Lipinski definition) is 2. The molecular weight excluding hydrogens is 518 g/mol. The van der Waals surface area contributed by atoms with Gasteiger partial charge in [-0.2, -0.15) is 10.1 Å². The fourth-order valence-electron chi connectivity index (χ4n) is 4.60. The number of benzene rings is 3. The van der Waals surface area contributed by atoms with Crippen LogP contribution in [0.2, 0.25) is 0 Å². The lowest BCUT2D eigenvalue weighted by atomic mass is 10.1. The van der Waals surface area contributed by atoms with Crippen molar-refractivity contribution in [2.24, 2.45) is 15.0 Å². The second-order valence-electron chi connectivity index (χ2n) is 10.0. The van der Waals surface area contributed by atoms with E-state index < -0.39 is 18.0 Å². The quantitative estimate of drug-likeness (QED) is 0.317. The number of anilines is 2. The molecule has 3 heterocycles. The first-order valence-corrected chi connectivity index (χ1v) is 13.2. The van der Waals surface area contributed by atoms with Crippen molar-refractivity contribution in [3.05, 3.63) is 89.8 Å². The Morgan fingerprint density at radius 2 is 1.78 bits per heavy atom. The molecule has 3 amide bonds. The summed E-state index contributed by atoms with van der Waals surface area (Å²) in [4.78, 5) is 37.2. The molecule has 2 N–H and O–H groups in total. The van der Waals surface area contributed by atoms with E-state index in [0.29, 0.717) is 28.8 Å². The minimum absolute atomic E-state index is 0.189. The lowest BCUT2D eigenvalue weighted by Crippen LogP contribution is -2.30. The average molecular weight is 546 g/mol. The van der Waals surface area contributed by atoms with Crippen molar-refractivity contribution >= 4 is 52.5 Å². The first-order valence-electron chi connectivity index (χ1n) is 13.2. The van der Waals surface area contributed by atoms with Gasteiger partial charge in [0.2, 0.25) is 0 Å². The average Bonchev–Trinajstić information content (AvgIpc) is 3.38. The number of aryl methyl sites for hydroxylation is 1. The van der Waals surface area contributed by atoms with Gasteiger partial charge in [-0.05, 0) is 43.2 Å². The highest BCUT2D eigenvalue weighted by Gasteiger charge is 2.28. The summed E-state index contributed by atoms with van der Waals surface area (Å²) in [5, 5.41) is 12.2. The lowest BCUT2D eigenvalue weighted by molar-refractivity contribution is -0.111. The summed E-state index contributed by atoms with van der Waals surface area (Å²) < 4.78 is 7.99. The first kappa shape index (κ1) is 25.9. The fourth-order valence-corrected chi connectivity index (χ4v) is 4.60. The summed E-state index contributed by atoms with van der Waals surface area (Å²) in [6.45, 7) is 6.15. The predicted octanol–water partition coefficient (Wildman–Crippen LogP) is 5.83. The van der Waals surface area contributed by atoms with Crippen molar-refractivity contribution in [2.45, 2.75) is 32.7 Å². The van der Waals surface area contributed by atoms with Crippen LogP contribution in [0.5, 0.6) is 5.75 Å². The first-order chi connectivity index (χ1) is 19.9. The molecule has 10 heteroatoms. The Hall–Kier alpha value is -5.38. The number of allylic oxidation sites excluding steroid dienone is 1. The fraction of sp³-hybridized carbons (Fsp3) is 0.161. The van der Waals surface area contributed by atoms with Gasteiger partial charge in [0.15, 0.2) is 11.9 Å². The van der Waals surface area contributed by atoms with Crippen LogP contribution < -0.4 is 15.4 Å². The van der Waals surface area contributed by atoms with E-state index in [0.717, 1.165) is 27.7 Å². The number of aromatic nitrogens is 2. The predicted molar refractivity (Wildman–Crippen MR) is 161 cm³/mol. The van der Waals surface area contributed by atoms with Crippen LogP contribution in [0.15, 0.2) is 93.5 Å². The Morgan fingerprint density at radius 1 is 1.00 bits per heavy atom. The number of amides is 3. The van der Waals surface area contributed by atoms with Gasteiger partial charge in [-0.3, -0.25) is 15.1 Å². The van der Waals surface area contributed by atoms with E-state index in [2.05, 4.69) is 39.5 Å². The number of nitrogens with zero attached hydrogens (tertiary/aromatic N) is 5. The van der Waals surface area contributed by atoms with Gasteiger partial charge in [-0.25, -0.2) is 14.5 Å². The van der Waals surface area contributed by atoms with Crippen molar-refractivity contribution in [1.82, 2.24) is 9.78 Å². The Balaban J connectivity index is 1.26. The second kappa shape index (κ2) is 10.6. The van der Waals surface area contributed by atoms with E-state index in [1.165, 1.54) is 12.4 Å². The van der Waals surface area contributed by atoms with Crippen LogP contribution in [0.4, 0.5) is 16.3 Å². The third-order valence-corrected chi connectivity index (χ3v) is 6.72. The van der Waals surface area contributed by atoms with Gasteiger partial charge in [0.1, 0.15) is 17.3 Å². The Bertz CT molecular complexity index is 1800. The Morgan fingerprint density at radius 3 is 2.56 bits per heavy atom. The number of carbonyl (C=O) groups excluding carboxylic acids is 2. The van der Waals surface area contributed by atoms with Gasteiger partial charge >= 0.3 is 6.03 Å². The van der Waals surface area contributed by atoms with Gasteiger partial charge in [0.25, 0.3) is 5.91 Å². The summed E-state index contributed by atoms with van der Waals surface area (Å²) in [5.74, 6) is 1.66. The maximum Gasteiger partial charge on any atom is 0.324 e. The Kier molecular flexibility index (Phi) is 6.72. The highest BCUT2D eigenvalue weighted by molar-refractivity contribution is 6.32. The normalized spacial score (nSPS) is 15.9. The van der Waals surface area contributed by atoms with Crippen LogP contribution in [0.3, 0.4) is 0 Å². The molecule has 10 nitrogen and oxygen atoms in total. The van der Waals surface area contributed by atoms with Gasteiger partial charge in [0, 0.05) is 23.1 Å². The summed E-state index contributed by atoms with van der Waals surface area (Å²) in [5.41, 5.74) is 3.47. The van der Waals surface area contributed by atoms with Crippen molar-refractivity contribution in [3.8, 4) is 11.4 Å². The monoisotopic (exact) mass is 545 g/mol.